The van der Waals surface area contributed by atoms with E-state index in [0.717, 1.165) is 5.56 Å². The Hall–Kier alpha value is -3.76. The van der Waals surface area contributed by atoms with Crippen molar-refractivity contribution in [2.45, 2.75) is 26.9 Å². The van der Waals surface area contributed by atoms with Crippen molar-refractivity contribution < 1.29 is 19.1 Å². The summed E-state index contributed by atoms with van der Waals surface area (Å²) in [5.41, 5.74) is 0.930. The highest BCUT2D eigenvalue weighted by Crippen LogP contribution is 2.10. The summed E-state index contributed by atoms with van der Waals surface area (Å²) >= 11 is 0. The molecule has 3 aromatic rings. The van der Waals surface area contributed by atoms with E-state index >= 15 is 0 Å². The van der Waals surface area contributed by atoms with Crippen LogP contribution in [0.4, 0.5) is 0 Å². The maximum Gasteiger partial charge on any atom is 0.361 e. The van der Waals surface area contributed by atoms with E-state index in [1.165, 1.54) is 28.2 Å². The average Bonchev–Trinajstić information content (AvgIpc) is 3.26. The number of carbonyl (C=O) groups excluding carboxylic acids is 2. The molecule has 0 atom stereocenters. The van der Waals surface area contributed by atoms with Crippen molar-refractivity contribution in [2.24, 2.45) is 0 Å². The number of hydrogen-bond donors (Lipinski definition) is 0. The van der Waals surface area contributed by atoms with Crippen LogP contribution >= 0.6 is 0 Å². The first kappa shape index (κ1) is 20.0. The van der Waals surface area contributed by atoms with Crippen molar-refractivity contribution in [1.82, 2.24) is 29.3 Å². The summed E-state index contributed by atoms with van der Waals surface area (Å²) in [6.45, 7) is 3.88. The summed E-state index contributed by atoms with van der Waals surface area (Å²) in [4.78, 5) is 36.7. The van der Waals surface area contributed by atoms with Gasteiger partial charge in [0.1, 0.15) is 5.82 Å². The van der Waals surface area contributed by atoms with E-state index in [1.807, 2.05) is 25.1 Å². The predicted molar refractivity (Wildman–Crippen MR) is 100.0 cm³/mol. The van der Waals surface area contributed by atoms with Crippen molar-refractivity contribution in [1.29, 1.82) is 0 Å². The number of benzene rings is 1. The first-order chi connectivity index (χ1) is 13.9. The van der Waals surface area contributed by atoms with Gasteiger partial charge in [-0.1, -0.05) is 17.3 Å². The molecule has 152 valence electrons. The van der Waals surface area contributed by atoms with Gasteiger partial charge in [-0.3, -0.25) is 4.57 Å². The van der Waals surface area contributed by atoms with Gasteiger partial charge < -0.3 is 9.47 Å². The molecule has 0 saturated heterocycles. The standard InChI is InChI=1S/C18H20N6O5/c1-11-6-5-7-13(10-11)24-18(27)22(12(2)20-24)8-9-23-15(17(26)29-4)14(19-21-23)16(25)28-3/h5-7,10H,8-9H2,1-4H3. The molecule has 0 N–H and O–H groups in total. The van der Waals surface area contributed by atoms with Crippen LogP contribution in [0.2, 0.25) is 0 Å². The number of methoxy groups -OCH3 is 2. The average molecular weight is 400 g/mol. The fourth-order valence-corrected chi connectivity index (χ4v) is 2.88. The smallest absolute Gasteiger partial charge is 0.361 e. The third-order valence-electron chi connectivity index (χ3n) is 4.32. The van der Waals surface area contributed by atoms with Gasteiger partial charge in [-0.15, -0.1) is 5.10 Å². The first-order valence-corrected chi connectivity index (χ1v) is 8.71. The highest BCUT2D eigenvalue weighted by Gasteiger charge is 2.27. The third kappa shape index (κ3) is 3.79. The van der Waals surface area contributed by atoms with Gasteiger partial charge in [0.05, 0.1) is 26.5 Å². The summed E-state index contributed by atoms with van der Waals surface area (Å²) in [5, 5.41) is 11.8. The van der Waals surface area contributed by atoms with E-state index in [0.29, 0.717) is 11.5 Å². The number of rotatable bonds is 6. The lowest BCUT2D eigenvalue weighted by atomic mass is 10.2. The Bertz CT molecular complexity index is 1130. The molecule has 1 aromatic carbocycles. The molecule has 11 heteroatoms. The van der Waals surface area contributed by atoms with Crippen molar-refractivity contribution in [3.8, 4) is 5.69 Å². The van der Waals surface area contributed by atoms with E-state index in [4.69, 9.17) is 4.74 Å². The third-order valence-corrected chi connectivity index (χ3v) is 4.32. The highest BCUT2D eigenvalue weighted by atomic mass is 16.5. The minimum Gasteiger partial charge on any atom is -0.464 e. The molecule has 0 fully saturated rings. The summed E-state index contributed by atoms with van der Waals surface area (Å²) in [6.07, 6.45) is 0. The minimum atomic E-state index is -0.808. The van der Waals surface area contributed by atoms with Crippen LogP contribution in [0.15, 0.2) is 29.1 Å². The lowest BCUT2D eigenvalue weighted by Crippen LogP contribution is -2.27. The van der Waals surface area contributed by atoms with Crippen molar-refractivity contribution >= 4 is 11.9 Å². The number of carbonyl (C=O) groups is 2. The van der Waals surface area contributed by atoms with E-state index in [9.17, 15) is 14.4 Å². The molecule has 2 heterocycles. The number of aromatic nitrogens is 6. The molecule has 29 heavy (non-hydrogen) atoms. The quantitative estimate of drug-likeness (QED) is 0.549. The minimum absolute atomic E-state index is 0.0919. The maximum absolute atomic E-state index is 12.8. The second-order valence-electron chi connectivity index (χ2n) is 6.23. The monoisotopic (exact) mass is 400 g/mol. The summed E-state index contributed by atoms with van der Waals surface area (Å²) in [6, 6.07) is 7.42. The van der Waals surface area contributed by atoms with Crippen LogP contribution in [0, 0.1) is 13.8 Å². The number of nitrogens with zero attached hydrogens (tertiary/aromatic N) is 6. The van der Waals surface area contributed by atoms with Crippen LogP contribution in [-0.4, -0.2) is 55.5 Å². The fourth-order valence-electron chi connectivity index (χ4n) is 2.88. The predicted octanol–water partition coefficient (Wildman–Crippen LogP) is 0.516. The molecule has 0 saturated carbocycles. The largest absolute Gasteiger partial charge is 0.464 e. The lowest BCUT2D eigenvalue weighted by molar-refractivity contribution is 0.0543. The molecule has 0 spiro atoms. The summed E-state index contributed by atoms with van der Waals surface area (Å²) < 4.78 is 13.3. The number of esters is 2. The van der Waals surface area contributed by atoms with Crippen LogP contribution in [0.3, 0.4) is 0 Å². The SMILES string of the molecule is COC(=O)c1nnn(CCn2c(C)nn(-c3cccc(C)c3)c2=O)c1C(=O)OC. The molecule has 11 nitrogen and oxygen atoms in total. The second kappa shape index (κ2) is 8.09. The maximum atomic E-state index is 12.8. The van der Waals surface area contributed by atoms with E-state index in [2.05, 4.69) is 20.1 Å². The lowest BCUT2D eigenvalue weighted by Gasteiger charge is -2.07. The van der Waals surface area contributed by atoms with Crippen LogP contribution in [0.1, 0.15) is 32.4 Å². The molecule has 0 aliphatic heterocycles. The molecule has 0 amide bonds. The van der Waals surface area contributed by atoms with Crippen LogP contribution in [-0.2, 0) is 22.6 Å². The van der Waals surface area contributed by atoms with Crippen molar-refractivity contribution in [3.63, 3.8) is 0 Å². The molecule has 0 radical (unpaired) electrons. The van der Waals surface area contributed by atoms with Gasteiger partial charge in [-0.2, -0.15) is 9.78 Å². The molecule has 0 aliphatic rings. The summed E-state index contributed by atoms with van der Waals surface area (Å²) in [7, 11) is 2.35. The van der Waals surface area contributed by atoms with Gasteiger partial charge in [-0.25, -0.2) is 19.1 Å². The summed E-state index contributed by atoms with van der Waals surface area (Å²) in [5.74, 6) is -1.10. The van der Waals surface area contributed by atoms with E-state index in [-0.39, 0.29) is 30.2 Å². The Kier molecular flexibility index (Phi) is 5.57. The Morgan fingerprint density at radius 1 is 1.07 bits per heavy atom. The van der Waals surface area contributed by atoms with Crippen LogP contribution < -0.4 is 5.69 Å². The number of ether oxygens (including phenoxy) is 2. The number of aryl methyl sites for hydroxylation is 3. The molecule has 0 bridgehead atoms. The zero-order valence-corrected chi connectivity index (χ0v) is 16.4. The Labute approximate surface area is 165 Å². The van der Waals surface area contributed by atoms with Gasteiger partial charge in [0.15, 0.2) is 5.69 Å². The molecule has 2 aromatic heterocycles. The number of hydrogen-bond acceptors (Lipinski definition) is 8. The Morgan fingerprint density at radius 3 is 2.45 bits per heavy atom. The highest BCUT2D eigenvalue weighted by molar-refractivity contribution is 6.00. The molecule has 0 aliphatic carbocycles. The Morgan fingerprint density at radius 2 is 1.79 bits per heavy atom. The molecular weight excluding hydrogens is 380 g/mol. The van der Waals surface area contributed by atoms with Crippen LogP contribution in [0.25, 0.3) is 5.69 Å². The Balaban J connectivity index is 1.91. The first-order valence-electron chi connectivity index (χ1n) is 8.71. The van der Waals surface area contributed by atoms with Crippen molar-refractivity contribution in [2.75, 3.05) is 14.2 Å². The zero-order valence-electron chi connectivity index (χ0n) is 16.4. The van der Waals surface area contributed by atoms with Gasteiger partial charge in [0, 0.05) is 6.54 Å². The topological polar surface area (TPSA) is 123 Å². The zero-order chi connectivity index (χ0) is 21.1. The molecular formula is C18H20N6O5. The van der Waals surface area contributed by atoms with Gasteiger partial charge in [0.2, 0.25) is 5.69 Å². The second-order valence-corrected chi connectivity index (χ2v) is 6.23. The normalized spacial score (nSPS) is 10.8. The van der Waals surface area contributed by atoms with Gasteiger partial charge in [0.25, 0.3) is 0 Å². The fraction of sp³-hybridized carbons (Fsp3) is 0.333. The van der Waals surface area contributed by atoms with Crippen molar-refractivity contribution in [3.05, 3.63) is 57.5 Å². The molecule has 3 rings (SSSR count). The van der Waals surface area contributed by atoms with Gasteiger partial charge >= 0.3 is 17.6 Å². The van der Waals surface area contributed by atoms with E-state index < -0.39 is 11.9 Å². The molecule has 0 unspecified atom stereocenters. The van der Waals surface area contributed by atoms with Gasteiger partial charge in [-0.05, 0) is 31.5 Å². The van der Waals surface area contributed by atoms with E-state index in [1.54, 1.807) is 13.0 Å². The van der Waals surface area contributed by atoms with Crippen LogP contribution in [0.5, 0.6) is 0 Å².